The molecule has 0 saturated heterocycles. The Bertz CT molecular complexity index is 1200. The summed E-state index contributed by atoms with van der Waals surface area (Å²) in [4.78, 5) is 17.0. The Morgan fingerprint density at radius 1 is 1.15 bits per heavy atom. The van der Waals surface area contributed by atoms with E-state index in [0.29, 0.717) is 0 Å². The number of nitrogens with one attached hydrogen (secondary N) is 1. The van der Waals surface area contributed by atoms with Gasteiger partial charge in [-0.05, 0) is 30.5 Å². The van der Waals surface area contributed by atoms with Crippen LogP contribution in [-0.4, -0.2) is 56.7 Å². The van der Waals surface area contributed by atoms with Crippen LogP contribution in [-0.2, 0) is 6.54 Å². The highest BCUT2D eigenvalue weighted by Crippen LogP contribution is 2.48. The van der Waals surface area contributed by atoms with E-state index in [1.807, 2.05) is 0 Å². The molecule has 0 aliphatic rings. The first-order valence-electron chi connectivity index (χ1n) is 9.62. The molecule has 1 aromatic carbocycles. The molecule has 176 valence electrons. The molecule has 2 heterocycles. The molecule has 1 amide bonds. The van der Waals surface area contributed by atoms with Gasteiger partial charge in [0.25, 0.3) is 5.91 Å². The number of hydrogen-bond acceptors (Lipinski definition) is 7. The fourth-order valence-electron chi connectivity index (χ4n) is 3.08. The number of alkyl halides is 3. The highest BCUT2D eigenvalue weighted by molar-refractivity contribution is 7.12. The first-order valence-corrected chi connectivity index (χ1v) is 10.5. The fraction of sp³-hybridized carbons (Fsp3) is 0.238. The predicted octanol–water partition coefficient (Wildman–Crippen LogP) is 4.81. The van der Waals surface area contributed by atoms with Crippen LogP contribution in [0.5, 0.6) is 17.5 Å². The van der Waals surface area contributed by atoms with Crippen LogP contribution in [0.25, 0.3) is 0 Å². The van der Waals surface area contributed by atoms with Crippen LogP contribution in [0, 0.1) is 0 Å². The number of thiophene rings is 1. The van der Waals surface area contributed by atoms with Crippen molar-refractivity contribution in [1.82, 2.24) is 9.47 Å². The number of aromatic nitrogens is 1. The number of anilines is 2. The Balaban J connectivity index is 2.19. The highest BCUT2D eigenvalue weighted by Gasteiger charge is 2.38. The number of aromatic hydroxyl groups is 3. The summed E-state index contributed by atoms with van der Waals surface area (Å²) in [5.41, 5.74) is -2.34. The molecule has 0 bridgehead atoms. The molecule has 33 heavy (non-hydrogen) atoms. The van der Waals surface area contributed by atoms with Crippen molar-refractivity contribution in [1.29, 1.82) is 0 Å². The summed E-state index contributed by atoms with van der Waals surface area (Å²) in [7, 11) is 2.98. The number of carbonyl (C=O) groups excluding carboxylic acids is 1. The van der Waals surface area contributed by atoms with E-state index in [-0.39, 0.29) is 28.4 Å². The molecule has 3 rings (SSSR count). The maximum absolute atomic E-state index is 13.8. The maximum atomic E-state index is 13.8. The molecule has 4 N–H and O–H groups in total. The molecule has 0 atom stereocenters. The van der Waals surface area contributed by atoms with Gasteiger partial charge in [-0.15, -0.1) is 11.3 Å². The van der Waals surface area contributed by atoms with E-state index in [1.54, 1.807) is 6.92 Å². The summed E-state index contributed by atoms with van der Waals surface area (Å²) in [6.45, 7) is 1.59. The smallest absolute Gasteiger partial charge is 0.434 e. The molecule has 0 radical (unpaired) electrons. The third-order valence-corrected chi connectivity index (χ3v) is 5.56. The van der Waals surface area contributed by atoms with Crippen LogP contribution >= 0.6 is 11.3 Å². The van der Waals surface area contributed by atoms with Gasteiger partial charge in [0.1, 0.15) is 5.69 Å². The SMILES string of the molecule is CCn1c(O)c(N=C(c2cccs2)C(F)(F)F)c(Nc2cccc(C(=O)N(C)C)c2O)c1O. The van der Waals surface area contributed by atoms with E-state index in [4.69, 9.17) is 0 Å². The number of benzene rings is 1. The average molecular weight is 482 g/mol. The summed E-state index contributed by atoms with van der Waals surface area (Å²) >= 11 is 0.816. The molecule has 12 heteroatoms. The molecule has 0 aliphatic carbocycles. The molecule has 0 saturated carbocycles. The zero-order valence-corrected chi connectivity index (χ0v) is 18.6. The Morgan fingerprint density at radius 3 is 2.39 bits per heavy atom. The van der Waals surface area contributed by atoms with Crippen molar-refractivity contribution in [3.05, 3.63) is 46.2 Å². The number of amides is 1. The Labute approximate surface area is 190 Å². The van der Waals surface area contributed by atoms with Crippen LogP contribution in [0.2, 0.25) is 0 Å². The quantitative estimate of drug-likeness (QED) is 0.298. The van der Waals surface area contributed by atoms with E-state index in [1.165, 1.54) is 54.7 Å². The number of para-hydroxylation sites is 1. The topological polar surface area (TPSA) is 110 Å². The molecular weight excluding hydrogens is 461 g/mol. The van der Waals surface area contributed by atoms with Crippen LogP contribution in [0.15, 0.2) is 40.7 Å². The van der Waals surface area contributed by atoms with Crippen molar-refractivity contribution in [2.24, 2.45) is 4.99 Å². The Kier molecular flexibility index (Phi) is 6.58. The second-order valence-electron chi connectivity index (χ2n) is 7.08. The second-order valence-corrected chi connectivity index (χ2v) is 8.02. The third-order valence-electron chi connectivity index (χ3n) is 4.68. The normalized spacial score (nSPS) is 12.1. The van der Waals surface area contributed by atoms with E-state index in [2.05, 4.69) is 10.3 Å². The molecule has 0 aliphatic heterocycles. The molecule has 8 nitrogen and oxygen atoms in total. The average Bonchev–Trinajstić information content (AvgIpc) is 3.34. The van der Waals surface area contributed by atoms with Gasteiger partial charge in [0.15, 0.2) is 17.1 Å². The number of phenolic OH excluding ortho intramolecular Hbond substituents is 1. The Morgan fingerprint density at radius 2 is 1.85 bits per heavy atom. The van der Waals surface area contributed by atoms with Crippen molar-refractivity contribution in [2.45, 2.75) is 19.6 Å². The van der Waals surface area contributed by atoms with Crippen LogP contribution in [0.4, 0.5) is 30.2 Å². The van der Waals surface area contributed by atoms with Crippen molar-refractivity contribution in [3.8, 4) is 17.5 Å². The number of hydrogen-bond donors (Lipinski definition) is 4. The molecule has 0 unspecified atom stereocenters. The van der Waals surface area contributed by atoms with Gasteiger partial charge < -0.3 is 25.5 Å². The monoisotopic (exact) mass is 482 g/mol. The third kappa shape index (κ3) is 4.60. The lowest BCUT2D eigenvalue weighted by atomic mass is 10.1. The van der Waals surface area contributed by atoms with Gasteiger partial charge in [-0.1, -0.05) is 12.1 Å². The number of halogens is 3. The Hall–Kier alpha value is -3.67. The van der Waals surface area contributed by atoms with Gasteiger partial charge in [0, 0.05) is 20.6 Å². The minimum Gasteiger partial charge on any atom is -0.505 e. The van der Waals surface area contributed by atoms with E-state index >= 15 is 0 Å². The maximum Gasteiger partial charge on any atom is 0.434 e. The fourth-order valence-corrected chi connectivity index (χ4v) is 3.81. The van der Waals surface area contributed by atoms with Crippen molar-refractivity contribution in [3.63, 3.8) is 0 Å². The minimum absolute atomic E-state index is 0.0212. The zero-order valence-electron chi connectivity index (χ0n) is 17.8. The highest BCUT2D eigenvalue weighted by atomic mass is 32.1. The minimum atomic E-state index is -4.85. The van der Waals surface area contributed by atoms with Gasteiger partial charge >= 0.3 is 6.18 Å². The summed E-state index contributed by atoms with van der Waals surface area (Å²) in [6, 6.07) is 6.84. The lowest BCUT2D eigenvalue weighted by Crippen LogP contribution is -2.22. The lowest BCUT2D eigenvalue weighted by molar-refractivity contribution is -0.0578. The molecule has 3 aromatic rings. The number of nitrogens with zero attached hydrogens (tertiary/aromatic N) is 3. The van der Waals surface area contributed by atoms with Crippen molar-refractivity contribution < 1.29 is 33.3 Å². The van der Waals surface area contributed by atoms with Gasteiger partial charge in [0.05, 0.1) is 16.1 Å². The standard InChI is InChI=1S/C21H21F3N4O4S/c1-4-28-19(31)14(25-12-8-5-7-11(16(12)29)18(30)27(2)3)15(20(28)32)26-17(21(22,23)24)13-9-6-10-33-13/h5-10,25,29,31-32H,4H2,1-3H3. The van der Waals surface area contributed by atoms with Crippen LogP contribution in [0.3, 0.4) is 0 Å². The van der Waals surface area contributed by atoms with Crippen LogP contribution in [0.1, 0.15) is 22.2 Å². The number of phenols is 1. The van der Waals surface area contributed by atoms with Crippen molar-refractivity contribution >= 4 is 40.0 Å². The van der Waals surface area contributed by atoms with Gasteiger partial charge in [-0.25, -0.2) is 4.99 Å². The number of carbonyl (C=O) groups is 1. The zero-order chi connectivity index (χ0) is 24.5. The summed E-state index contributed by atoms with van der Waals surface area (Å²) in [5, 5.41) is 35.8. The molecule has 0 fully saturated rings. The van der Waals surface area contributed by atoms with Gasteiger partial charge in [-0.2, -0.15) is 13.2 Å². The lowest BCUT2D eigenvalue weighted by Gasteiger charge is -2.15. The molecule has 0 spiro atoms. The van der Waals surface area contributed by atoms with E-state index in [0.717, 1.165) is 15.9 Å². The molecule has 2 aromatic heterocycles. The largest absolute Gasteiger partial charge is 0.505 e. The number of rotatable bonds is 6. The van der Waals surface area contributed by atoms with Crippen molar-refractivity contribution in [2.75, 3.05) is 19.4 Å². The summed E-state index contributed by atoms with van der Waals surface area (Å²) < 4.78 is 42.2. The summed E-state index contributed by atoms with van der Waals surface area (Å²) in [6.07, 6.45) is -4.85. The first kappa shape index (κ1) is 24.0. The first-order chi connectivity index (χ1) is 15.5. The molecular formula is C21H21F3N4O4S. The van der Waals surface area contributed by atoms with Gasteiger partial charge in [0.2, 0.25) is 11.8 Å². The van der Waals surface area contributed by atoms with Crippen LogP contribution < -0.4 is 5.32 Å². The second kappa shape index (κ2) is 9.06. The summed E-state index contributed by atoms with van der Waals surface area (Å²) in [5.74, 6) is -2.28. The van der Waals surface area contributed by atoms with Gasteiger partial charge in [-0.3, -0.25) is 9.36 Å². The number of aliphatic imine (C=N–C) groups is 1. The van der Waals surface area contributed by atoms with E-state index in [9.17, 15) is 33.3 Å². The van der Waals surface area contributed by atoms with E-state index < -0.39 is 41.0 Å². The predicted molar refractivity (Wildman–Crippen MR) is 119 cm³/mol.